The van der Waals surface area contributed by atoms with Gasteiger partial charge in [0.15, 0.2) is 5.13 Å². The van der Waals surface area contributed by atoms with Crippen LogP contribution in [-0.4, -0.2) is 28.0 Å². The minimum atomic E-state index is 0.369. The molecule has 1 saturated heterocycles. The van der Waals surface area contributed by atoms with Crippen molar-refractivity contribution in [3.05, 3.63) is 40.3 Å². The van der Waals surface area contributed by atoms with Crippen LogP contribution in [-0.2, 0) is 11.3 Å². The van der Waals surface area contributed by atoms with Crippen LogP contribution >= 0.6 is 22.7 Å². The molecule has 0 aliphatic carbocycles. The van der Waals surface area contributed by atoms with E-state index in [1.807, 2.05) is 17.8 Å². The number of aryl methyl sites for hydroxylation is 1. The molecule has 0 amide bonds. The SMILES string of the molecule is Cc1nc(NCc2cccs2)sc1-c1ccn(C2CCOC2)n1. The summed E-state index contributed by atoms with van der Waals surface area (Å²) in [6.07, 6.45) is 3.09. The van der Waals surface area contributed by atoms with Gasteiger partial charge in [-0.15, -0.1) is 11.3 Å². The van der Waals surface area contributed by atoms with Gasteiger partial charge in [-0.2, -0.15) is 5.10 Å². The lowest BCUT2D eigenvalue weighted by Crippen LogP contribution is -2.08. The van der Waals surface area contributed by atoms with Crippen molar-refractivity contribution in [1.82, 2.24) is 14.8 Å². The number of rotatable bonds is 5. The third-order valence-corrected chi connectivity index (χ3v) is 5.93. The molecule has 3 aromatic heterocycles. The largest absolute Gasteiger partial charge is 0.379 e. The van der Waals surface area contributed by atoms with Crippen molar-refractivity contribution in [3.8, 4) is 10.6 Å². The zero-order chi connectivity index (χ0) is 15.6. The van der Waals surface area contributed by atoms with E-state index in [0.717, 1.165) is 47.6 Å². The van der Waals surface area contributed by atoms with Crippen molar-refractivity contribution in [1.29, 1.82) is 0 Å². The fraction of sp³-hybridized carbons (Fsp3) is 0.375. The molecule has 3 aromatic rings. The molecule has 1 unspecified atom stereocenters. The summed E-state index contributed by atoms with van der Waals surface area (Å²) < 4.78 is 7.47. The molecule has 0 bridgehead atoms. The molecular weight excluding hydrogens is 328 g/mol. The van der Waals surface area contributed by atoms with Gasteiger partial charge in [-0.3, -0.25) is 4.68 Å². The fourth-order valence-corrected chi connectivity index (χ4v) is 4.25. The summed E-state index contributed by atoms with van der Waals surface area (Å²) in [6.45, 7) is 4.45. The van der Waals surface area contributed by atoms with E-state index in [1.165, 1.54) is 4.88 Å². The molecule has 23 heavy (non-hydrogen) atoms. The van der Waals surface area contributed by atoms with Gasteiger partial charge in [-0.25, -0.2) is 4.98 Å². The molecule has 0 saturated carbocycles. The van der Waals surface area contributed by atoms with E-state index in [9.17, 15) is 0 Å². The van der Waals surface area contributed by atoms with Crippen LogP contribution in [0.4, 0.5) is 5.13 Å². The fourth-order valence-electron chi connectivity index (χ4n) is 2.68. The number of ether oxygens (including phenoxy) is 1. The predicted octanol–water partition coefficient (Wildman–Crippen LogP) is 3.95. The average Bonchev–Trinajstić information content (AvgIpc) is 3.32. The van der Waals surface area contributed by atoms with Crippen molar-refractivity contribution in [2.45, 2.75) is 25.9 Å². The van der Waals surface area contributed by atoms with E-state index < -0.39 is 0 Å². The molecule has 1 aliphatic heterocycles. The molecule has 120 valence electrons. The molecule has 1 fully saturated rings. The number of thiophene rings is 1. The third kappa shape index (κ3) is 3.17. The lowest BCUT2D eigenvalue weighted by molar-refractivity contribution is 0.184. The quantitative estimate of drug-likeness (QED) is 0.760. The summed E-state index contributed by atoms with van der Waals surface area (Å²) in [7, 11) is 0. The molecule has 7 heteroatoms. The monoisotopic (exact) mass is 346 g/mol. The second-order valence-corrected chi connectivity index (χ2v) is 7.60. The number of nitrogens with one attached hydrogen (secondary N) is 1. The Hall–Kier alpha value is -1.70. The zero-order valence-corrected chi connectivity index (χ0v) is 14.5. The Balaban J connectivity index is 1.50. The summed E-state index contributed by atoms with van der Waals surface area (Å²) >= 11 is 3.42. The summed E-state index contributed by atoms with van der Waals surface area (Å²) in [4.78, 5) is 7.08. The molecular formula is C16H18N4OS2. The highest BCUT2D eigenvalue weighted by atomic mass is 32.1. The smallest absolute Gasteiger partial charge is 0.183 e. The van der Waals surface area contributed by atoms with Crippen LogP contribution in [0.3, 0.4) is 0 Å². The van der Waals surface area contributed by atoms with Crippen molar-refractivity contribution in [2.24, 2.45) is 0 Å². The van der Waals surface area contributed by atoms with Gasteiger partial charge >= 0.3 is 0 Å². The minimum absolute atomic E-state index is 0.369. The number of aromatic nitrogens is 3. The maximum Gasteiger partial charge on any atom is 0.183 e. The Bertz CT molecular complexity index is 772. The molecule has 0 aromatic carbocycles. The van der Waals surface area contributed by atoms with Crippen LogP contribution in [0.1, 0.15) is 23.0 Å². The van der Waals surface area contributed by atoms with Gasteiger partial charge in [-0.1, -0.05) is 17.4 Å². The number of nitrogens with zero attached hydrogens (tertiary/aromatic N) is 3. The van der Waals surface area contributed by atoms with Crippen LogP contribution < -0.4 is 5.32 Å². The normalized spacial score (nSPS) is 17.7. The van der Waals surface area contributed by atoms with E-state index in [1.54, 1.807) is 22.7 Å². The second kappa shape index (κ2) is 6.43. The number of hydrogen-bond donors (Lipinski definition) is 1. The minimum Gasteiger partial charge on any atom is -0.379 e. The first-order chi connectivity index (χ1) is 11.3. The van der Waals surface area contributed by atoms with Gasteiger partial charge in [0, 0.05) is 17.7 Å². The molecule has 5 nitrogen and oxygen atoms in total. The Morgan fingerprint density at radius 1 is 1.43 bits per heavy atom. The van der Waals surface area contributed by atoms with Crippen LogP contribution in [0.2, 0.25) is 0 Å². The highest BCUT2D eigenvalue weighted by Crippen LogP contribution is 2.32. The maximum atomic E-state index is 5.44. The van der Waals surface area contributed by atoms with E-state index >= 15 is 0 Å². The van der Waals surface area contributed by atoms with Crippen molar-refractivity contribution in [2.75, 3.05) is 18.5 Å². The lowest BCUT2D eigenvalue weighted by Gasteiger charge is -2.06. The zero-order valence-electron chi connectivity index (χ0n) is 12.9. The van der Waals surface area contributed by atoms with Gasteiger partial charge in [0.05, 0.1) is 29.8 Å². The first-order valence-electron chi connectivity index (χ1n) is 7.66. The van der Waals surface area contributed by atoms with E-state index in [0.29, 0.717) is 6.04 Å². The summed E-state index contributed by atoms with van der Waals surface area (Å²) in [5.41, 5.74) is 2.02. The standard InChI is InChI=1S/C16H18N4OS2/c1-11-15(14-4-6-20(19-14)12-5-7-21-10-12)23-16(18-11)17-9-13-3-2-8-22-13/h2-4,6,8,12H,5,7,9-10H2,1H3,(H,17,18). The van der Waals surface area contributed by atoms with Crippen molar-refractivity contribution in [3.63, 3.8) is 0 Å². The van der Waals surface area contributed by atoms with Gasteiger partial charge < -0.3 is 10.1 Å². The summed E-state index contributed by atoms with van der Waals surface area (Å²) in [6, 6.07) is 6.64. The number of hydrogen-bond acceptors (Lipinski definition) is 6. The summed E-state index contributed by atoms with van der Waals surface area (Å²) in [5, 5.41) is 11.2. The topological polar surface area (TPSA) is 52.0 Å². The number of thiazole rings is 1. The molecule has 0 spiro atoms. The van der Waals surface area contributed by atoms with E-state index in [2.05, 4.69) is 33.9 Å². The van der Waals surface area contributed by atoms with Gasteiger partial charge in [-0.05, 0) is 30.9 Å². The Kier molecular flexibility index (Phi) is 4.15. The van der Waals surface area contributed by atoms with E-state index in [4.69, 9.17) is 9.84 Å². The predicted molar refractivity (Wildman–Crippen MR) is 94.2 cm³/mol. The van der Waals surface area contributed by atoms with Crippen LogP contribution in [0, 0.1) is 6.92 Å². The van der Waals surface area contributed by atoms with Crippen LogP contribution in [0.15, 0.2) is 29.8 Å². The molecule has 4 rings (SSSR count). The van der Waals surface area contributed by atoms with Gasteiger partial charge in [0.2, 0.25) is 0 Å². The van der Waals surface area contributed by atoms with Gasteiger partial charge in [0.25, 0.3) is 0 Å². The third-order valence-electron chi connectivity index (χ3n) is 3.91. The van der Waals surface area contributed by atoms with Crippen LogP contribution in [0.25, 0.3) is 10.6 Å². The molecule has 1 aliphatic rings. The lowest BCUT2D eigenvalue weighted by atomic mass is 10.3. The summed E-state index contributed by atoms with van der Waals surface area (Å²) in [5.74, 6) is 0. The first-order valence-corrected chi connectivity index (χ1v) is 9.36. The Morgan fingerprint density at radius 2 is 2.39 bits per heavy atom. The highest BCUT2D eigenvalue weighted by molar-refractivity contribution is 7.19. The van der Waals surface area contributed by atoms with Gasteiger partial charge in [0.1, 0.15) is 5.69 Å². The van der Waals surface area contributed by atoms with Crippen molar-refractivity contribution >= 4 is 27.8 Å². The molecule has 1 atom stereocenters. The van der Waals surface area contributed by atoms with Crippen LogP contribution in [0.5, 0.6) is 0 Å². The highest BCUT2D eigenvalue weighted by Gasteiger charge is 2.20. The Morgan fingerprint density at radius 3 is 3.17 bits per heavy atom. The maximum absolute atomic E-state index is 5.44. The molecule has 0 radical (unpaired) electrons. The molecule has 4 heterocycles. The average molecular weight is 346 g/mol. The molecule has 1 N–H and O–H groups in total. The van der Waals surface area contributed by atoms with E-state index in [-0.39, 0.29) is 0 Å². The van der Waals surface area contributed by atoms with Crippen molar-refractivity contribution < 1.29 is 4.74 Å². The Labute approximate surface area is 143 Å². The second-order valence-electron chi connectivity index (χ2n) is 5.56. The first kappa shape index (κ1) is 14.9. The number of anilines is 1.